The Hall–Kier alpha value is -0.216. The van der Waals surface area contributed by atoms with Gasteiger partial charge in [0.1, 0.15) is 0 Å². The first-order valence-corrected chi connectivity index (χ1v) is 14.2. The first-order chi connectivity index (χ1) is 10.2. The minimum absolute atomic E-state index is 0.102. The van der Waals surface area contributed by atoms with E-state index in [-0.39, 0.29) is 5.97 Å². The predicted octanol–water partition coefficient (Wildman–Crippen LogP) is 3.22. The zero-order chi connectivity index (χ0) is 17.2. The molecule has 0 bridgehead atoms. The lowest BCUT2D eigenvalue weighted by atomic mass is 10.4. The zero-order valence-electron chi connectivity index (χ0n) is 15.5. The number of rotatable bonds is 12. The molecule has 0 aliphatic carbocycles. The summed E-state index contributed by atoms with van der Waals surface area (Å²) in [7, 11) is -2.09. The Bertz CT molecular complexity index is 323. The Morgan fingerprint density at radius 3 is 2.23 bits per heavy atom. The van der Waals surface area contributed by atoms with E-state index in [1.165, 1.54) is 0 Å². The van der Waals surface area contributed by atoms with Crippen LogP contribution in [0.1, 0.15) is 26.7 Å². The zero-order valence-corrected chi connectivity index (χ0v) is 17.5. The van der Waals surface area contributed by atoms with Gasteiger partial charge in [-0.15, -0.1) is 0 Å². The highest BCUT2D eigenvalue weighted by Crippen LogP contribution is 2.16. The predicted molar refractivity (Wildman–Crippen MR) is 95.8 cm³/mol. The van der Waals surface area contributed by atoms with E-state index in [1.54, 1.807) is 7.11 Å². The SMILES string of the molecule is CCCO[Si](C)(CCCN(CC)CC(=O)O[Si](C)(C)C)OC. The van der Waals surface area contributed by atoms with E-state index in [1.807, 2.05) is 19.6 Å². The summed E-state index contributed by atoms with van der Waals surface area (Å²) >= 11 is 0. The van der Waals surface area contributed by atoms with Crippen molar-refractivity contribution < 1.29 is 18.1 Å². The van der Waals surface area contributed by atoms with Crippen molar-refractivity contribution >= 4 is 22.8 Å². The molecule has 132 valence electrons. The summed E-state index contributed by atoms with van der Waals surface area (Å²) in [5, 5.41) is 0. The van der Waals surface area contributed by atoms with Crippen molar-refractivity contribution in [2.75, 3.05) is 33.4 Å². The number of hydrogen-bond donors (Lipinski definition) is 0. The van der Waals surface area contributed by atoms with Gasteiger partial charge in [-0.25, -0.2) is 0 Å². The van der Waals surface area contributed by atoms with Gasteiger partial charge in [0.05, 0.1) is 6.54 Å². The Balaban J connectivity index is 4.21. The molecule has 5 nitrogen and oxygen atoms in total. The summed E-state index contributed by atoms with van der Waals surface area (Å²) in [6.07, 6.45) is 1.99. The van der Waals surface area contributed by atoms with Crippen LogP contribution in [0.3, 0.4) is 0 Å². The monoisotopic (exact) mass is 349 g/mol. The second-order valence-electron chi connectivity index (χ2n) is 6.75. The molecule has 0 saturated heterocycles. The fourth-order valence-electron chi connectivity index (χ4n) is 2.08. The fraction of sp³-hybridized carbons (Fsp3) is 0.933. The van der Waals surface area contributed by atoms with Gasteiger partial charge < -0.3 is 13.3 Å². The molecule has 22 heavy (non-hydrogen) atoms. The lowest BCUT2D eigenvalue weighted by Crippen LogP contribution is -2.40. The van der Waals surface area contributed by atoms with Crippen LogP contribution < -0.4 is 0 Å². The second kappa shape index (κ2) is 10.5. The van der Waals surface area contributed by atoms with Crippen LogP contribution >= 0.6 is 0 Å². The number of hydrogen-bond acceptors (Lipinski definition) is 5. The maximum atomic E-state index is 11.9. The third kappa shape index (κ3) is 10.5. The minimum atomic E-state index is -2.04. The standard InChI is InChI=1S/C15H35NO4Si2/c1-8-12-19-22(7,18-3)13-10-11-16(9-2)14-15(17)20-21(4,5)6/h8-14H2,1-7H3. The number of nitrogens with zero attached hydrogens (tertiary/aromatic N) is 1. The molecule has 0 aliphatic heterocycles. The molecule has 0 saturated carbocycles. The normalized spacial score (nSPS) is 14.9. The molecule has 1 unspecified atom stereocenters. The van der Waals surface area contributed by atoms with Crippen molar-refractivity contribution in [2.45, 2.75) is 58.9 Å². The second-order valence-corrected chi connectivity index (χ2v) is 14.6. The summed E-state index contributed by atoms with van der Waals surface area (Å²) in [5.74, 6) is -0.102. The number of carbonyl (C=O) groups is 1. The summed E-state index contributed by atoms with van der Waals surface area (Å²) in [6.45, 7) is 15.2. The van der Waals surface area contributed by atoms with Crippen molar-refractivity contribution in [3.8, 4) is 0 Å². The van der Waals surface area contributed by atoms with Crippen molar-refractivity contribution in [3.63, 3.8) is 0 Å². The van der Waals surface area contributed by atoms with Crippen molar-refractivity contribution in [1.82, 2.24) is 4.90 Å². The first-order valence-electron chi connectivity index (χ1n) is 8.29. The largest absolute Gasteiger partial charge is 0.519 e. The fourth-order valence-corrected chi connectivity index (χ4v) is 4.73. The Labute approximate surface area is 138 Å². The maximum absolute atomic E-state index is 11.9. The lowest BCUT2D eigenvalue weighted by molar-refractivity contribution is -0.136. The van der Waals surface area contributed by atoms with E-state index in [2.05, 4.69) is 25.3 Å². The van der Waals surface area contributed by atoms with Gasteiger partial charge in [-0.2, -0.15) is 0 Å². The molecular weight excluding hydrogens is 314 g/mol. The molecule has 0 amide bonds. The smallest absolute Gasteiger partial charge is 0.334 e. The highest BCUT2D eigenvalue weighted by molar-refractivity contribution is 6.71. The van der Waals surface area contributed by atoms with E-state index in [9.17, 15) is 4.79 Å². The molecule has 1 atom stereocenters. The molecule has 7 heteroatoms. The lowest BCUT2D eigenvalue weighted by Gasteiger charge is -2.27. The highest BCUT2D eigenvalue weighted by Gasteiger charge is 2.29. The van der Waals surface area contributed by atoms with E-state index >= 15 is 0 Å². The average molecular weight is 350 g/mol. The van der Waals surface area contributed by atoms with Crippen LogP contribution in [-0.2, 0) is 18.1 Å². The van der Waals surface area contributed by atoms with Gasteiger partial charge in [0.15, 0.2) is 0 Å². The van der Waals surface area contributed by atoms with Gasteiger partial charge >= 0.3 is 14.5 Å². The highest BCUT2D eigenvalue weighted by atomic mass is 28.4. The van der Waals surface area contributed by atoms with E-state index in [0.717, 1.165) is 38.6 Å². The van der Waals surface area contributed by atoms with Crippen LogP contribution in [0.5, 0.6) is 0 Å². The van der Waals surface area contributed by atoms with E-state index in [4.69, 9.17) is 13.3 Å². The molecule has 0 rings (SSSR count). The van der Waals surface area contributed by atoms with Gasteiger partial charge in [-0.1, -0.05) is 13.8 Å². The molecule has 0 aromatic rings. The van der Waals surface area contributed by atoms with Gasteiger partial charge in [-0.05, 0) is 58.2 Å². The molecular formula is C15H35NO4Si2. The molecule has 0 N–H and O–H groups in total. The quantitative estimate of drug-likeness (QED) is 0.506. The minimum Gasteiger partial charge on any atom is -0.519 e. The molecule has 0 spiro atoms. The first kappa shape index (κ1) is 21.8. The Morgan fingerprint density at radius 2 is 1.77 bits per heavy atom. The van der Waals surface area contributed by atoms with Crippen LogP contribution in [0.25, 0.3) is 0 Å². The van der Waals surface area contributed by atoms with Crippen LogP contribution in [0, 0.1) is 0 Å². The van der Waals surface area contributed by atoms with Crippen molar-refractivity contribution in [3.05, 3.63) is 0 Å². The molecule has 0 aromatic heterocycles. The average Bonchev–Trinajstić information content (AvgIpc) is 2.42. The Morgan fingerprint density at radius 1 is 1.14 bits per heavy atom. The maximum Gasteiger partial charge on any atom is 0.334 e. The van der Waals surface area contributed by atoms with Crippen LogP contribution in [0.15, 0.2) is 0 Å². The summed E-state index contributed by atoms with van der Waals surface area (Å²) < 4.78 is 17.0. The summed E-state index contributed by atoms with van der Waals surface area (Å²) in [4.78, 5) is 14.0. The summed E-state index contributed by atoms with van der Waals surface area (Å²) in [5.41, 5.74) is 0. The summed E-state index contributed by atoms with van der Waals surface area (Å²) in [6, 6.07) is 0.947. The number of likely N-dealkylation sites (N-methyl/N-ethyl adjacent to an activating group) is 1. The molecule has 0 aliphatic rings. The third-order valence-electron chi connectivity index (χ3n) is 3.37. The van der Waals surface area contributed by atoms with E-state index in [0.29, 0.717) is 6.54 Å². The number of carbonyl (C=O) groups excluding carboxylic acids is 1. The van der Waals surface area contributed by atoms with Gasteiger partial charge in [0.2, 0.25) is 8.32 Å². The van der Waals surface area contributed by atoms with Crippen molar-refractivity contribution in [2.24, 2.45) is 0 Å². The third-order valence-corrected chi connectivity index (χ3v) is 7.15. The van der Waals surface area contributed by atoms with Gasteiger partial charge in [0.25, 0.3) is 0 Å². The van der Waals surface area contributed by atoms with Crippen LogP contribution in [0.4, 0.5) is 0 Å². The van der Waals surface area contributed by atoms with Crippen molar-refractivity contribution in [1.29, 1.82) is 0 Å². The molecule has 0 heterocycles. The topological polar surface area (TPSA) is 48.0 Å². The molecule has 0 aromatic carbocycles. The Kier molecular flexibility index (Phi) is 10.4. The molecule has 0 fully saturated rings. The van der Waals surface area contributed by atoms with Crippen LogP contribution in [-0.4, -0.2) is 61.1 Å². The molecule has 0 radical (unpaired) electrons. The van der Waals surface area contributed by atoms with Crippen LogP contribution in [0.2, 0.25) is 32.2 Å². The van der Waals surface area contributed by atoms with Gasteiger partial charge in [0, 0.05) is 13.7 Å². The van der Waals surface area contributed by atoms with E-state index < -0.39 is 16.9 Å². The van der Waals surface area contributed by atoms with Gasteiger partial charge in [-0.3, -0.25) is 9.69 Å².